The van der Waals surface area contributed by atoms with E-state index in [9.17, 15) is 9.59 Å². The van der Waals surface area contributed by atoms with Crippen LogP contribution in [0.25, 0.3) is 11.1 Å². The molecule has 6 nitrogen and oxygen atoms in total. The second kappa shape index (κ2) is 7.43. The SMILES string of the molecule is COc1ccc(-c2ccc(=O)n3c2[C@@H]2C[C@@H](CN(C(=O)C[NH+](C)C)C2)C3)cc1. The molecule has 0 aliphatic carbocycles. The van der Waals surface area contributed by atoms with Crippen LogP contribution in [-0.2, 0) is 11.3 Å². The van der Waals surface area contributed by atoms with Crippen LogP contribution in [0.1, 0.15) is 18.0 Å². The third-order valence-corrected chi connectivity index (χ3v) is 5.85. The zero-order valence-corrected chi connectivity index (χ0v) is 16.8. The van der Waals surface area contributed by atoms with Gasteiger partial charge in [-0.05, 0) is 36.1 Å². The number of quaternary nitrogens is 1. The molecule has 28 heavy (non-hydrogen) atoms. The fraction of sp³-hybridized carbons (Fsp3) is 0.455. The van der Waals surface area contributed by atoms with Gasteiger partial charge in [0.25, 0.3) is 11.5 Å². The molecule has 2 atom stereocenters. The van der Waals surface area contributed by atoms with Gasteiger partial charge in [-0.15, -0.1) is 0 Å². The minimum atomic E-state index is 0.0551. The van der Waals surface area contributed by atoms with Crippen molar-refractivity contribution in [3.05, 3.63) is 52.4 Å². The number of piperidine rings is 1. The minimum absolute atomic E-state index is 0.0551. The Kier molecular flexibility index (Phi) is 4.98. The number of hydrogen-bond acceptors (Lipinski definition) is 3. The lowest BCUT2D eigenvalue weighted by Crippen LogP contribution is -3.07. The van der Waals surface area contributed by atoms with E-state index < -0.39 is 0 Å². The van der Waals surface area contributed by atoms with E-state index >= 15 is 0 Å². The van der Waals surface area contributed by atoms with Crippen LogP contribution in [0, 0.1) is 5.92 Å². The van der Waals surface area contributed by atoms with Crippen LogP contribution >= 0.6 is 0 Å². The van der Waals surface area contributed by atoms with Gasteiger partial charge in [-0.25, -0.2) is 0 Å². The average Bonchev–Trinajstić information content (AvgIpc) is 2.68. The van der Waals surface area contributed by atoms with Gasteiger partial charge in [0, 0.05) is 42.9 Å². The van der Waals surface area contributed by atoms with Gasteiger partial charge in [0.2, 0.25) is 0 Å². The molecule has 6 heteroatoms. The highest BCUT2D eigenvalue weighted by molar-refractivity contribution is 5.77. The van der Waals surface area contributed by atoms with E-state index in [0.717, 1.165) is 40.4 Å². The molecular formula is C22H28N3O3+. The normalized spacial score (nSPS) is 20.8. The zero-order chi connectivity index (χ0) is 19.8. The molecule has 2 aliphatic heterocycles. The van der Waals surface area contributed by atoms with E-state index in [4.69, 9.17) is 4.74 Å². The summed E-state index contributed by atoms with van der Waals surface area (Å²) in [6.07, 6.45) is 1.03. The van der Waals surface area contributed by atoms with Crippen LogP contribution in [-0.4, -0.2) is 56.2 Å². The standard InChI is InChI=1S/C22H27N3O3/c1-23(2)14-21(27)24-11-15-10-17(13-24)22-19(8-9-20(26)25(22)12-15)16-4-6-18(28-3)7-5-16/h4-9,15,17H,10-14H2,1-3H3/p+1/t15-,17+/m0/s1. The summed E-state index contributed by atoms with van der Waals surface area (Å²) < 4.78 is 7.21. The summed E-state index contributed by atoms with van der Waals surface area (Å²) in [5, 5.41) is 0. The van der Waals surface area contributed by atoms with Gasteiger partial charge in [0.15, 0.2) is 6.54 Å². The highest BCUT2D eigenvalue weighted by Crippen LogP contribution is 2.40. The summed E-state index contributed by atoms with van der Waals surface area (Å²) in [7, 11) is 5.65. The number of nitrogens with zero attached hydrogens (tertiary/aromatic N) is 2. The van der Waals surface area contributed by atoms with Gasteiger partial charge >= 0.3 is 0 Å². The Balaban J connectivity index is 1.72. The second-order valence-corrected chi connectivity index (χ2v) is 8.29. The average molecular weight is 382 g/mol. The second-order valence-electron chi connectivity index (χ2n) is 8.29. The molecule has 2 aromatic rings. The van der Waals surface area contributed by atoms with Gasteiger partial charge < -0.3 is 19.1 Å². The molecule has 0 unspecified atom stereocenters. The number of carbonyl (C=O) groups is 1. The number of hydrogen-bond donors (Lipinski definition) is 1. The van der Waals surface area contributed by atoms with Crippen molar-refractivity contribution in [2.45, 2.75) is 18.9 Å². The smallest absolute Gasteiger partial charge is 0.277 e. The number of rotatable bonds is 4. The molecule has 2 bridgehead atoms. The number of fused-ring (bicyclic) bond motifs is 4. The third-order valence-electron chi connectivity index (χ3n) is 5.85. The Morgan fingerprint density at radius 1 is 1.11 bits per heavy atom. The maximum atomic E-state index is 12.7. The predicted molar refractivity (Wildman–Crippen MR) is 108 cm³/mol. The van der Waals surface area contributed by atoms with Crippen LogP contribution in [0.2, 0.25) is 0 Å². The number of likely N-dealkylation sites (tertiary alicyclic amines) is 1. The number of nitrogens with one attached hydrogen (secondary N) is 1. The number of amides is 1. The van der Waals surface area contributed by atoms with Crippen LogP contribution in [0.3, 0.4) is 0 Å². The van der Waals surface area contributed by atoms with E-state index in [0.29, 0.717) is 25.6 Å². The lowest BCUT2D eigenvalue weighted by atomic mass is 9.80. The molecule has 1 saturated heterocycles. The number of carbonyl (C=O) groups excluding carboxylic acids is 1. The summed E-state index contributed by atoms with van der Waals surface area (Å²) in [5.74, 6) is 1.55. The molecule has 1 aromatic heterocycles. The van der Waals surface area contributed by atoms with Crippen molar-refractivity contribution in [2.75, 3.05) is 40.8 Å². The molecule has 1 N–H and O–H groups in total. The first-order valence-electron chi connectivity index (χ1n) is 9.91. The lowest BCUT2D eigenvalue weighted by Gasteiger charge is -2.43. The predicted octanol–water partition coefficient (Wildman–Crippen LogP) is 0.614. The largest absolute Gasteiger partial charge is 0.497 e. The van der Waals surface area contributed by atoms with Gasteiger partial charge in [-0.3, -0.25) is 9.59 Å². The first kappa shape index (κ1) is 18.7. The quantitative estimate of drug-likeness (QED) is 0.843. The molecule has 3 heterocycles. The Labute approximate surface area is 165 Å². The van der Waals surface area contributed by atoms with E-state index in [1.165, 1.54) is 0 Å². The van der Waals surface area contributed by atoms with Crippen LogP contribution in [0.5, 0.6) is 5.75 Å². The summed E-state index contributed by atoms with van der Waals surface area (Å²) >= 11 is 0. The van der Waals surface area contributed by atoms with Gasteiger partial charge in [-0.2, -0.15) is 0 Å². The highest BCUT2D eigenvalue weighted by Gasteiger charge is 2.38. The van der Waals surface area contributed by atoms with E-state index in [1.54, 1.807) is 13.2 Å². The third kappa shape index (κ3) is 3.44. The fourth-order valence-electron chi connectivity index (χ4n) is 4.65. The Morgan fingerprint density at radius 2 is 1.86 bits per heavy atom. The van der Waals surface area contributed by atoms with Crippen molar-refractivity contribution in [1.82, 2.24) is 9.47 Å². The van der Waals surface area contributed by atoms with Crippen LogP contribution in [0.15, 0.2) is 41.2 Å². The van der Waals surface area contributed by atoms with Gasteiger partial charge in [0.1, 0.15) is 5.75 Å². The minimum Gasteiger partial charge on any atom is -0.497 e. The van der Waals surface area contributed by atoms with E-state index in [2.05, 4.69) is 0 Å². The molecular weight excluding hydrogens is 354 g/mol. The molecule has 1 amide bonds. The lowest BCUT2D eigenvalue weighted by molar-refractivity contribution is -0.849. The first-order valence-corrected chi connectivity index (χ1v) is 9.91. The monoisotopic (exact) mass is 382 g/mol. The molecule has 0 saturated carbocycles. The fourth-order valence-corrected chi connectivity index (χ4v) is 4.65. The molecule has 4 rings (SSSR count). The number of aromatic nitrogens is 1. The summed E-state index contributed by atoms with van der Waals surface area (Å²) in [4.78, 5) is 28.4. The highest BCUT2D eigenvalue weighted by atomic mass is 16.5. The van der Waals surface area contributed by atoms with E-state index in [1.807, 2.05) is 53.9 Å². The Hall–Kier alpha value is -2.60. The summed E-state index contributed by atoms with van der Waals surface area (Å²) in [6.45, 7) is 2.64. The summed E-state index contributed by atoms with van der Waals surface area (Å²) in [6, 6.07) is 11.6. The van der Waals surface area contributed by atoms with E-state index in [-0.39, 0.29) is 17.4 Å². The molecule has 1 fully saturated rings. The number of ether oxygens (including phenoxy) is 1. The number of benzene rings is 1. The Bertz CT molecular complexity index is 933. The van der Waals surface area contributed by atoms with Crippen molar-refractivity contribution in [3.63, 3.8) is 0 Å². The molecule has 0 spiro atoms. The first-order chi connectivity index (χ1) is 13.5. The molecule has 148 valence electrons. The van der Waals surface area contributed by atoms with Crippen LogP contribution in [0.4, 0.5) is 0 Å². The maximum absolute atomic E-state index is 12.7. The van der Waals surface area contributed by atoms with Crippen molar-refractivity contribution < 1.29 is 14.4 Å². The summed E-state index contributed by atoms with van der Waals surface area (Å²) in [5.41, 5.74) is 3.28. The van der Waals surface area contributed by atoms with Crippen molar-refractivity contribution in [2.24, 2.45) is 5.92 Å². The van der Waals surface area contributed by atoms with Crippen molar-refractivity contribution in [3.8, 4) is 16.9 Å². The van der Waals surface area contributed by atoms with Crippen molar-refractivity contribution >= 4 is 5.91 Å². The number of pyridine rings is 1. The molecule has 2 aliphatic rings. The zero-order valence-electron chi connectivity index (χ0n) is 16.8. The maximum Gasteiger partial charge on any atom is 0.277 e. The van der Waals surface area contributed by atoms with Gasteiger partial charge in [0.05, 0.1) is 21.2 Å². The number of methoxy groups -OCH3 is 1. The Morgan fingerprint density at radius 3 is 2.54 bits per heavy atom. The van der Waals surface area contributed by atoms with Crippen LogP contribution < -0.4 is 15.2 Å². The molecule has 0 radical (unpaired) electrons. The van der Waals surface area contributed by atoms with Gasteiger partial charge in [-0.1, -0.05) is 12.1 Å². The van der Waals surface area contributed by atoms with Crippen molar-refractivity contribution in [1.29, 1.82) is 0 Å². The molecule has 1 aromatic carbocycles. The topological polar surface area (TPSA) is 56.0 Å². The number of likely N-dealkylation sites (N-methyl/N-ethyl adjacent to an activating group) is 1.